The van der Waals surface area contributed by atoms with Gasteiger partial charge in [0.05, 0.1) is 0 Å². The van der Waals surface area contributed by atoms with Gasteiger partial charge >= 0.3 is 5.97 Å². The summed E-state index contributed by atoms with van der Waals surface area (Å²) in [6, 6.07) is 3.08. The van der Waals surface area contributed by atoms with E-state index in [1.165, 1.54) is 6.07 Å². The van der Waals surface area contributed by atoms with E-state index in [0.29, 0.717) is 5.88 Å². The monoisotopic (exact) mass is 226 g/mol. The highest BCUT2D eigenvalue weighted by atomic mass is 16.4. The number of hydrogen-bond acceptors (Lipinski definition) is 4. The number of carbonyl (C=O) groups is 1. The zero-order valence-electron chi connectivity index (χ0n) is 9.69. The van der Waals surface area contributed by atoms with E-state index in [9.17, 15) is 4.79 Å². The predicted molar refractivity (Wildman–Crippen MR) is 61.9 cm³/mol. The van der Waals surface area contributed by atoms with Gasteiger partial charge in [-0.2, -0.15) is 0 Å². The van der Waals surface area contributed by atoms with Crippen LogP contribution in [0.5, 0.6) is 0 Å². The van der Waals surface area contributed by atoms with Crippen molar-refractivity contribution in [3.63, 3.8) is 0 Å². The first-order chi connectivity index (χ1) is 7.59. The molecule has 0 saturated heterocycles. The molecule has 1 heterocycles. The normalized spacial score (nSPS) is 10.7. The smallest absolute Gasteiger partial charge is 0.371 e. The van der Waals surface area contributed by atoms with Crippen LogP contribution in [0, 0.1) is 0 Å². The standard InChI is InChI=1S/C11H18N2O3/c1-13(2)8-4-3-7-12-10-6-5-9(16-10)11(14)15/h5-6,12H,3-4,7-8H2,1-2H3,(H,14,15). The van der Waals surface area contributed by atoms with E-state index in [0.717, 1.165) is 25.9 Å². The van der Waals surface area contributed by atoms with Gasteiger partial charge < -0.3 is 19.7 Å². The summed E-state index contributed by atoms with van der Waals surface area (Å²) in [6.45, 7) is 1.85. The molecule has 5 heteroatoms. The van der Waals surface area contributed by atoms with E-state index in [2.05, 4.69) is 10.2 Å². The molecule has 2 N–H and O–H groups in total. The third-order valence-corrected chi connectivity index (χ3v) is 2.15. The lowest BCUT2D eigenvalue weighted by Gasteiger charge is -2.08. The lowest BCUT2D eigenvalue weighted by molar-refractivity contribution is 0.0663. The van der Waals surface area contributed by atoms with Crippen molar-refractivity contribution in [1.29, 1.82) is 0 Å². The summed E-state index contributed by atoms with van der Waals surface area (Å²) in [7, 11) is 4.08. The third-order valence-electron chi connectivity index (χ3n) is 2.15. The molecule has 16 heavy (non-hydrogen) atoms. The summed E-state index contributed by atoms with van der Waals surface area (Å²) in [5.74, 6) is -0.557. The summed E-state index contributed by atoms with van der Waals surface area (Å²) >= 11 is 0. The van der Waals surface area contributed by atoms with Gasteiger partial charge in [-0.3, -0.25) is 0 Å². The van der Waals surface area contributed by atoms with Crippen LogP contribution in [0.25, 0.3) is 0 Å². The SMILES string of the molecule is CN(C)CCCCNc1ccc(C(=O)O)o1. The van der Waals surface area contributed by atoms with Crippen molar-refractivity contribution in [3.8, 4) is 0 Å². The molecule has 0 saturated carbocycles. The minimum absolute atomic E-state index is 0.0317. The minimum Gasteiger partial charge on any atom is -0.475 e. The second-order valence-electron chi connectivity index (χ2n) is 3.91. The maximum absolute atomic E-state index is 10.5. The molecule has 0 spiro atoms. The lowest BCUT2D eigenvalue weighted by atomic mass is 10.3. The largest absolute Gasteiger partial charge is 0.475 e. The van der Waals surface area contributed by atoms with E-state index in [4.69, 9.17) is 9.52 Å². The highest BCUT2D eigenvalue weighted by Gasteiger charge is 2.07. The average molecular weight is 226 g/mol. The lowest BCUT2D eigenvalue weighted by Crippen LogP contribution is -2.14. The number of nitrogens with zero attached hydrogens (tertiary/aromatic N) is 1. The Balaban J connectivity index is 2.19. The molecule has 0 aliphatic heterocycles. The van der Waals surface area contributed by atoms with E-state index in [1.807, 2.05) is 14.1 Å². The van der Waals surface area contributed by atoms with Crippen molar-refractivity contribution in [2.45, 2.75) is 12.8 Å². The van der Waals surface area contributed by atoms with Gasteiger partial charge in [-0.15, -0.1) is 0 Å². The minimum atomic E-state index is -1.04. The van der Waals surface area contributed by atoms with Gasteiger partial charge in [0.15, 0.2) is 5.88 Å². The van der Waals surface area contributed by atoms with E-state index in [1.54, 1.807) is 6.07 Å². The summed E-state index contributed by atoms with van der Waals surface area (Å²) in [4.78, 5) is 12.7. The number of furan rings is 1. The Bertz CT molecular complexity index is 334. The molecule has 0 aliphatic rings. The Hall–Kier alpha value is -1.49. The summed E-state index contributed by atoms with van der Waals surface area (Å²) < 4.78 is 5.05. The number of anilines is 1. The highest BCUT2D eigenvalue weighted by Crippen LogP contribution is 2.13. The van der Waals surface area contributed by atoms with Crippen molar-refractivity contribution in [1.82, 2.24) is 4.90 Å². The maximum Gasteiger partial charge on any atom is 0.371 e. The molecular weight excluding hydrogens is 208 g/mol. The zero-order valence-corrected chi connectivity index (χ0v) is 9.69. The molecular formula is C11H18N2O3. The van der Waals surface area contributed by atoms with Gasteiger partial charge in [0.25, 0.3) is 0 Å². The molecule has 0 fully saturated rings. The first kappa shape index (κ1) is 12.6. The highest BCUT2D eigenvalue weighted by molar-refractivity contribution is 5.84. The van der Waals surface area contributed by atoms with Crippen LogP contribution < -0.4 is 5.32 Å². The molecule has 0 aliphatic carbocycles. The number of carboxylic acid groups (broad SMARTS) is 1. The first-order valence-corrected chi connectivity index (χ1v) is 5.31. The van der Waals surface area contributed by atoms with Crippen LogP contribution >= 0.6 is 0 Å². The summed E-state index contributed by atoms with van der Waals surface area (Å²) in [6.07, 6.45) is 2.13. The zero-order chi connectivity index (χ0) is 12.0. The van der Waals surface area contributed by atoms with Crippen LogP contribution in [0.2, 0.25) is 0 Å². The fourth-order valence-electron chi connectivity index (χ4n) is 1.31. The quantitative estimate of drug-likeness (QED) is 0.693. The number of aromatic carboxylic acids is 1. The topological polar surface area (TPSA) is 65.7 Å². The number of hydrogen-bond donors (Lipinski definition) is 2. The fraction of sp³-hybridized carbons (Fsp3) is 0.545. The average Bonchev–Trinajstić information content (AvgIpc) is 2.65. The molecule has 0 bridgehead atoms. The van der Waals surface area contributed by atoms with Crippen LogP contribution in [-0.4, -0.2) is 43.2 Å². The van der Waals surface area contributed by atoms with Crippen molar-refractivity contribution in [2.24, 2.45) is 0 Å². The van der Waals surface area contributed by atoms with Gasteiger partial charge in [-0.25, -0.2) is 4.79 Å². The molecule has 0 radical (unpaired) electrons. The maximum atomic E-state index is 10.5. The Morgan fingerprint density at radius 1 is 1.44 bits per heavy atom. The number of carboxylic acids is 1. The fourth-order valence-corrected chi connectivity index (χ4v) is 1.31. The number of rotatable bonds is 7. The predicted octanol–water partition coefficient (Wildman–Crippen LogP) is 1.73. The van der Waals surface area contributed by atoms with Gasteiger partial charge in [-0.1, -0.05) is 0 Å². The number of nitrogens with one attached hydrogen (secondary N) is 1. The van der Waals surface area contributed by atoms with Gasteiger partial charge in [0.2, 0.25) is 5.76 Å². The number of unbranched alkanes of at least 4 members (excludes halogenated alkanes) is 1. The van der Waals surface area contributed by atoms with Crippen LogP contribution in [-0.2, 0) is 0 Å². The van der Waals surface area contributed by atoms with E-state index in [-0.39, 0.29) is 5.76 Å². The molecule has 0 aromatic carbocycles. The molecule has 5 nitrogen and oxygen atoms in total. The Morgan fingerprint density at radius 3 is 2.75 bits per heavy atom. The van der Waals surface area contributed by atoms with E-state index >= 15 is 0 Å². The third kappa shape index (κ3) is 4.35. The summed E-state index contributed by atoms with van der Waals surface area (Å²) in [5.41, 5.74) is 0. The molecule has 1 aromatic heterocycles. The second kappa shape index (κ2) is 6.17. The summed E-state index contributed by atoms with van der Waals surface area (Å²) in [5, 5.41) is 11.7. The van der Waals surface area contributed by atoms with Crippen LogP contribution in [0.4, 0.5) is 5.88 Å². The molecule has 90 valence electrons. The van der Waals surface area contributed by atoms with Gasteiger partial charge in [0, 0.05) is 12.6 Å². The second-order valence-corrected chi connectivity index (χ2v) is 3.91. The Kier molecular flexibility index (Phi) is 4.85. The molecule has 0 unspecified atom stereocenters. The van der Waals surface area contributed by atoms with Crippen LogP contribution in [0.15, 0.2) is 16.5 Å². The van der Waals surface area contributed by atoms with Gasteiger partial charge in [-0.05, 0) is 39.5 Å². The van der Waals surface area contributed by atoms with Crippen molar-refractivity contribution in [2.75, 3.05) is 32.5 Å². The van der Waals surface area contributed by atoms with Crippen LogP contribution in [0.1, 0.15) is 23.4 Å². The molecule has 1 aromatic rings. The van der Waals surface area contributed by atoms with Crippen molar-refractivity contribution in [3.05, 3.63) is 17.9 Å². The first-order valence-electron chi connectivity index (χ1n) is 5.31. The molecule has 0 amide bonds. The van der Waals surface area contributed by atoms with Crippen molar-refractivity contribution < 1.29 is 14.3 Å². The molecule has 1 rings (SSSR count). The molecule has 0 atom stereocenters. The Morgan fingerprint density at radius 2 is 2.19 bits per heavy atom. The van der Waals surface area contributed by atoms with Crippen molar-refractivity contribution >= 4 is 11.9 Å². The van der Waals surface area contributed by atoms with E-state index < -0.39 is 5.97 Å². The van der Waals surface area contributed by atoms with Gasteiger partial charge in [0.1, 0.15) is 0 Å². The van der Waals surface area contributed by atoms with Crippen LogP contribution in [0.3, 0.4) is 0 Å². The Labute approximate surface area is 95.0 Å².